The first kappa shape index (κ1) is 21.9. The van der Waals surface area contributed by atoms with Crippen molar-refractivity contribution in [1.29, 1.82) is 0 Å². The number of benzene rings is 1. The number of amides is 3. The molecule has 0 radical (unpaired) electrons. The van der Waals surface area contributed by atoms with Gasteiger partial charge in [-0.2, -0.15) is 0 Å². The lowest BCUT2D eigenvalue weighted by Gasteiger charge is -2.47. The van der Waals surface area contributed by atoms with E-state index in [0.29, 0.717) is 0 Å². The van der Waals surface area contributed by atoms with Crippen LogP contribution in [0.2, 0.25) is 0 Å². The maximum absolute atomic E-state index is 14.8. The molecule has 2 aliphatic rings. The third kappa shape index (κ3) is 4.35. The lowest BCUT2D eigenvalue weighted by molar-refractivity contribution is -0.135. The molecule has 2 fully saturated rings. The topological polar surface area (TPSA) is 122 Å². The van der Waals surface area contributed by atoms with Gasteiger partial charge in [-0.25, -0.2) is 13.6 Å². The largest absolute Gasteiger partial charge is 0.627 e. The third-order valence-electron chi connectivity index (χ3n) is 5.12. The van der Waals surface area contributed by atoms with Gasteiger partial charge in [-0.15, -0.1) is 0 Å². The normalized spacial score (nSPS) is 20.8. The van der Waals surface area contributed by atoms with Crippen molar-refractivity contribution in [3.8, 4) is 0 Å². The van der Waals surface area contributed by atoms with Gasteiger partial charge in [-0.1, -0.05) is 0 Å². The molecule has 0 spiro atoms. The molecule has 2 aliphatic heterocycles. The Morgan fingerprint density at radius 3 is 2.43 bits per heavy atom. The van der Waals surface area contributed by atoms with Crippen LogP contribution in [0.3, 0.4) is 0 Å². The summed E-state index contributed by atoms with van der Waals surface area (Å²) in [6.07, 6.45) is -1.50. The number of carbonyl (C=O) groups excluding carboxylic acids is 3. The number of ether oxygens (including phenoxy) is 1. The third-order valence-corrected chi connectivity index (χ3v) is 5.12. The zero-order chi connectivity index (χ0) is 22.1. The number of hydroxylamine groups is 2. The van der Waals surface area contributed by atoms with Crippen molar-refractivity contribution < 1.29 is 33.0 Å². The minimum Gasteiger partial charge on any atom is -0.627 e. The quantitative estimate of drug-likeness (QED) is 0.506. The smallest absolute Gasteiger partial charge is 0.414 e. The standard InChI is InChI=1S/C18H22F2N4O6/c1-11(26)21-8-13-9-23(18(28)30-13)12-6-14(19)17(15(20)7-12)24(29)4-2-22(3-5-24)16(27)10-25/h6-7,13,25H,2-5,8-10H2,1H3,(H,21,26)/t13-/m0/s1. The molecule has 1 aromatic rings. The van der Waals surface area contributed by atoms with Crippen LogP contribution in [-0.2, 0) is 14.3 Å². The Balaban J connectivity index is 1.77. The number of halogens is 2. The SMILES string of the molecule is CC(=O)NC[C@H]1CN(c2cc(F)c([N+]3([O-])CCN(C(=O)CO)CC3)c(F)c2)C(=O)O1. The van der Waals surface area contributed by atoms with E-state index in [1.807, 2.05) is 0 Å². The maximum Gasteiger partial charge on any atom is 0.414 e. The van der Waals surface area contributed by atoms with Gasteiger partial charge in [-0.05, 0) is 0 Å². The van der Waals surface area contributed by atoms with E-state index >= 15 is 0 Å². The van der Waals surface area contributed by atoms with Crippen LogP contribution in [-0.4, -0.2) is 79.9 Å². The first-order valence-corrected chi connectivity index (χ1v) is 9.33. The molecule has 0 unspecified atom stereocenters. The van der Waals surface area contributed by atoms with Crippen molar-refractivity contribution >= 4 is 29.3 Å². The molecule has 2 N–H and O–H groups in total. The van der Waals surface area contributed by atoms with Crippen LogP contribution in [0.1, 0.15) is 6.92 Å². The van der Waals surface area contributed by atoms with Crippen molar-refractivity contribution in [2.24, 2.45) is 0 Å². The number of hydrogen-bond acceptors (Lipinski definition) is 6. The van der Waals surface area contributed by atoms with Gasteiger partial charge in [0.1, 0.15) is 25.8 Å². The number of hydrogen-bond donors (Lipinski definition) is 2. The summed E-state index contributed by atoms with van der Waals surface area (Å²) in [7, 11) is 0. The van der Waals surface area contributed by atoms with E-state index in [-0.39, 0.29) is 50.9 Å². The summed E-state index contributed by atoms with van der Waals surface area (Å²) in [4.78, 5) is 36.8. The van der Waals surface area contributed by atoms with Gasteiger partial charge < -0.3 is 29.9 Å². The van der Waals surface area contributed by atoms with E-state index in [0.717, 1.165) is 17.0 Å². The molecule has 1 atom stereocenters. The number of carbonyl (C=O) groups is 3. The first-order chi connectivity index (χ1) is 14.1. The fourth-order valence-corrected chi connectivity index (χ4v) is 3.55. The maximum atomic E-state index is 14.8. The zero-order valence-corrected chi connectivity index (χ0v) is 16.3. The van der Waals surface area contributed by atoms with E-state index in [4.69, 9.17) is 9.84 Å². The zero-order valence-electron chi connectivity index (χ0n) is 16.3. The second kappa shape index (κ2) is 8.50. The number of piperazine rings is 1. The summed E-state index contributed by atoms with van der Waals surface area (Å²) >= 11 is 0. The number of aliphatic hydroxyl groups excluding tert-OH is 1. The molecule has 1 aromatic carbocycles. The molecule has 0 aromatic heterocycles. The molecule has 164 valence electrons. The highest BCUT2D eigenvalue weighted by atomic mass is 19.1. The molecule has 3 rings (SSSR count). The average molecular weight is 428 g/mol. The Kier molecular flexibility index (Phi) is 6.19. The second-order valence-corrected chi connectivity index (χ2v) is 7.19. The Morgan fingerprint density at radius 1 is 1.30 bits per heavy atom. The van der Waals surface area contributed by atoms with Crippen LogP contribution in [0.25, 0.3) is 0 Å². The van der Waals surface area contributed by atoms with Crippen molar-refractivity contribution in [2.45, 2.75) is 13.0 Å². The minimum absolute atomic E-state index is 0.0209. The predicted molar refractivity (Wildman–Crippen MR) is 101 cm³/mol. The molecule has 0 saturated carbocycles. The molecule has 2 saturated heterocycles. The molecule has 0 bridgehead atoms. The second-order valence-electron chi connectivity index (χ2n) is 7.19. The monoisotopic (exact) mass is 428 g/mol. The minimum atomic E-state index is -1.30. The van der Waals surface area contributed by atoms with Gasteiger partial charge >= 0.3 is 6.09 Å². The van der Waals surface area contributed by atoms with E-state index in [2.05, 4.69) is 5.32 Å². The predicted octanol–water partition coefficient (Wildman–Crippen LogP) is 0.0657. The molecule has 12 heteroatoms. The summed E-state index contributed by atoms with van der Waals surface area (Å²) in [5.74, 6) is -3.09. The number of cyclic esters (lactones) is 1. The van der Waals surface area contributed by atoms with E-state index in [9.17, 15) is 28.4 Å². The number of nitrogens with one attached hydrogen (secondary N) is 1. The van der Waals surface area contributed by atoms with E-state index < -0.39 is 46.7 Å². The van der Waals surface area contributed by atoms with Crippen LogP contribution in [0.5, 0.6) is 0 Å². The van der Waals surface area contributed by atoms with Gasteiger partial charge in [0.05, 0.1) is 31.9 Å². The van der Waals surface area contributed by atoms with Crippen LogP contribution in [0, 0.1) is 16.8 Å². The molecular weight excluding hydrogens is 406 g/mol. The van der Waals surface area contributed by atoms with Crippen molar-refractivity contribution in [1.82, 2.24) is 14.9 Å². The lowest BCUT2D eigenvalue weighted by Crippen LogP contribution is -2.59. The number of rotatable bonds is 5. The molecule has 2 heterocycles. The molecule has 3 amide bonds. The van der Waals surface area contributed by atoms with Crippen LogP contribution in [0.4, 0.5) is 25.0 Å². The Bertz CT molecular complexity index is 836. The van der Waals surface area contributed by atoms with Crippen molar-refractivity contribution in [3.63, 3.8) is 0 Å². The summed E-state index contributed by atoms with van der Waals surface area (Å²) in [6, 6.07) is 1.78. The molecule has 0 aliphatic carbocycles. The van der Waals surface area contributed by atoms with Crippen molar-refractivity contribution in [2.75, 3.05) is 50.8 Å². The molecular formula is C18H22F2N4O6. The number of nitrogens with zero attached hydrogens (tertiary/aromatic N) is 3. The highest BCUT2D eigenvalue weighted by Crippen LogP contribution is 2.35. The summed E-state index contributed by atoms with van der Waals surface area (Å²) < 4.78 is 33.3. The Labute approximate surface area is 170 Å². The number of anilines is 1. The average Bonchev–Trinajstić information content (AvgIpc) is 3.06. The highest BCUT2D eigenvalue weighted by Gasteiger charge is 2.37. The Hall–Kier alpha value is -2.83. The van der Waals surface area contributed by atoms with Gasteiger partial charge in [0.25, 0.3) is 0 Å². The lowest BCUT2D eigenvalue weighted by atomic mass is 10.1. The summed E-state index contributed by atoms with van der Waals surface area (Å²) in [5, 5.41) is 24.4. The van der Waals surface area contributed by atoms with Crippen LogP contribution < -0.4 is 14.9 Å². The summed E-state index contributed by atoms with van der Waals surface area (Å²) in [5.41, 5.74) is -0.804. The van der Waals surface area contributed by atoms with E-state index in [1.54, 1.807) is 0 Å². The van der Waals surface area contributed by atoms with Crippen molar-refractivity contribution in [3.05, 3.63) is 29.0 Å². The van der Waals surface area contributed by atoms with Crippen LogP contribution >= 0.6 is 0 Å². The Morgan fingerprint density at radius 2 is 1.90 bits per heavy atom. The first-order valence-electron chi connectivity index (χ1n) is 9.33. The summed E-state index contributed by atoms with van der Waals surface area (Å²) in [6.45, 7) is -0.00585. The fraction of sp³-hybridized carbons (Fsp3) is 0.500. The van der Waals surface area contributed by atoms with Gasteiger partial charge in [-0.3, -0.25) is 14.5 Å². The number of quaternary nitrogens is 1. The molecule has 30 heavy (non-hydrogen) atoms. The van der Waals surface area contributed by atoms with E-state index in [1.165, 1.54) is 11.8 Å². The fourth-order valence-electron chi connectivity index (χ4n) is 3.55. The van der Waals surface area contributed by atoms with Crippen LogP contribution in [0.15, 0.2) is 12.1 Å². The highest BCUT2D eigenvalue weighted by molar-refractivity contribution is 5.90. The number of aliphatic hydroxyl groups is 1. The van der Waals surface area contributed by atoms with Gasteiger partial charge in [0, 0.05) is 19.1 Å². The molecule has 10 nitrogen and oxygen atoms in total. The van der Waals surface area contributed by atoms with Gasteiger partial charge in [0.15, 0.2) is 11.6 Å². The van der Waals surface area contributed by atoms with Gasteiger partial charge in [0.2, 0.25) is 17.5 Å².